The van der Waals surface area contributed by atoms with Crippen LogP contribution >= 0.6 is 0 Å². The van der Waals surface area contributed by atoms with Crippen molar-refractivity contribution in [2.24, 2.45) is 5.10 Å². The predicted octanol–water partition coefficient (Wildman–Crippen LogP) is 4.23. The number of benzene rings is 3. The van der Waals surface area contributed by atoms with E-state index in [4.69, 9.17) is 14.2 Å². The van der Waals surface area contributed by atoms with Gasteiger partial charge in [0.25, 0.3) is 15.9 Å². The highest BCUT2D eigenvalue weighted by Crippen LogP contribution is 2.28. The zero-order valence-electron chi connectivity index (χ0n) is 21.1. The summed E-state index contributed by atoms with van der Waals surface area (Å²) in [5, 5.41) is 4.00. The summed E-state index contributed by atoms with van der Waals surface area (Å²) in [4.78, 5) is 12.8. The molecule has 0 heterocycles. The summed E-state index contributed by atoms with van der Waals surface area (Å²) >= 11 is 0. The van der Waals surface area contributed by atoms with E-state index in [-0.39, 0.29) is 4.90 Å². The smallest absolute Gasteiger partial charge is 0.264 e. The molecule has 3 aromatic carbocycles. The number of rotatable bonds is 13. The number of carbonyl (C=O) groups is 1. The Labute approximate surface area is 217 Å². The largest absolute Gasteiger partial charge is 0.497 e. The lowest BCUT2D eigenvalue weighted by Gasteiger charge is -2.23. The van der Waals surface area contributed by atoms with Gasteiger partial charge in [-0.3, -0.25) is 9.10 Å². The fourth-order valence-corrected chi connectivity index (χ4v) is 4.77. The van der Waals surface area contributed by atoms with E-state index in [0.717, 1.165) is 10.7 Å². The molecule has 0 radical (unpaired) electrons. The molecule has 0 bridgehead atoms. The minimum atomic E-state index is -4.02. The first-order chi connectivity index (χ1) is 17.9. The van der Waals surface area contributed by atoms with Crippen LogP contribution in [0.2, 0.25) is 0 Å². The van der Waals surface area contributed by atoms with Crippen molar-refractivity contribution >= 4 is 27.8 Å². The van der Waals surface area contributed by atoms with Crippen LogP contribution in [-0.4, -0.2) is 47.4 Å². The van der Waals surface area contributed by atoms with Crippen molar-refractivity contribution in [2.45, 2.75) is 25.2 Å². The maximum atomic E-state index is 13.4. The highest BCUT2D eigenvalue weighted by atomic mass is 32.2. The van der Waals surface area contributed by atoms with Crippen molar-refractivity contribution in [1.29, 1.82) is 0 Å². The maximum Gasteiger partial charge on any atom is 0.264 e. The third-order valence-electron chi connectivity index (χ3n) is 5.11. The Hall–Kier alpha value is -4.05. The van der Waals surface area contributed by atoms with E-state index >= 15 is 0 Å². The van der Waals surface area contributed by atoms with Gasteiger partial charge < -0.3 is 14.2 Å². The van der Waals surface area contributed by atoms with Gasteiger partial charge in [-0.25, -0.2) is 13.8 Å². The van der Waals surface area contributed by atoms with Crippen LogP contribution in [0.5, 0.6) is 17.2 Å². The van der Waals surface area contributed by atoms with Gasteiger partial charge in [0, 0.05) is 0 Å². The highest BCUT2D eigenvalue weighted by Gasteiger charge is 2.27. The summed E-state index contributed by atoms with van der Waals surface area (Å²) in [5.41, 5.74) is 3.40. The molecule has 1 amide bonds. The molecule has 3 aromatic rings. The van der Waals surface area contributed by atoms with E-state index in [1.165, 1.54) is 25.5 Å². The van der Waals surface area contributed by atoms with Gasteiger partial charge in [-0.05, 0) is 73.5 Å². The van der Waals surface area contributed by atoms with Crippen LogP contribution in [0.3, 0.4) is 0 Å². The van der Waals surface area contributed by atoms with E-state index in [1.54, 1.807) is 60.7 Å². The lowest BCUT2D eigenvalue weighted by atomic mass is 10.2. The monoisotopic (exact) mass is 525 g/mol. The van der Waals surface area contributed by atoms with Crippen molar-refractivity contribution < 1.29 is 27.4 Å². The number of anilines is 1. The van der Waals surface area contributed by atoms with Crippen LogP contribution in [0.15, 0.2) is 82.8 Å². The SMILES string of the molecule is CCCOc1ccc(/C=N/NC(=O)CN(c2ccc(OC)cc2)S(=O)(=O)c2ccccc2)cc1OCC. The molecular weight excluding hydrogens is 494 g/mol. The molecule has 0 aromatic heterocycles. The topological polar surface area (TPSA) is 107 Å². The molecule has 9 nitrogen and oxygen atoms in total. The van der Waals surface area contributed by atoms with Gasteiger partial charge in [0.05, 0.1) is 37.1 Å². The van der Waals surface area contributed by atoms with Crippen LogP contribution in [0, 0.1) is 0 Å². The number of sulfonamides is 1. The Morgan fingerprint density at radius 2 is 1.70 bits per heavy atom. The molecule has 0 aliphatic heterocycles. The van der Waals surface area contributed by atoms with E-state index in [2.05, 4.69) is 10.5 Å². The minimum absolute atomic E-state index is 0.0657. The van der Waals surface area contributed by atoms with Crippen LogP contribution in [-0.2, 0) is 14.8 Å². The van der Waals surface area contributed by atoms with Crippen molar-refractivity contribution in [1.82, 2.24) is 5.43 Å². The molecule has 0 saturated carbocycles. The quantitative estimate of drug-likeness (QED) is 0.264. The third kappa shape index (κ3) is 7.47. The summed E-state index contributed by atoms with van der Waals surface area (Å²) in [6.07, 6.45) is 2.32. The molecule has 37 heavy (non-hydrogen) atoms. The van der Waals surface area contributed by atoms with Gasteiger partial charge in [0.2, 0.25) is 0 Å². The zero-order chi connectivity index (χ0) is 26.7. The van der Waals surface area contributed by atoms with E-state index in [1.807, 2.05) is 13.8 Å². The zero-order valence-corrected chi connectivity index (χ0v) is 21.9. The van der Waals surface area contributed by atoms with E-state index in [0.29, 0.717) is 41.7 Å². The Bertz CT molecular complexity index is 1300. The van der Waals surface area contributed by atoms with Gasteiger partial charge in [-0.15, -0.1) is 0 Å². The Balaban J connectivity index is 1.77. The molecule has 0 atom stereocenters. The number of hydrazone groups is 1. The average molecular weight is 526 g/mol. The standard InChI is InChI=1S/C27H31N3O6S/c1-4-17-36-25-16-11-21(18-26(25)35-5-2)19-28-29-27(31)20-30(22-12-14-23(34-3)15-13-22)37(32,33)24-9-7-6-8-10-24/h6-16,18-19H,4-5,17,20H2,1-3H3,(H,29,31)/b28-19+. The highest BCUT2D eigenvalue weighted by molar-refractivity contribution is 7.92. The summed E-state index contributed by atoms with van der Waals surface area (Å²) in [7, 11) is -2.51. The fraction of sp³-hybridized carbons (Fsp3) is 0.259. The molecule has 0 spiro atoms. The lowest BCUT2D eigenvalue weighted by Crippen LogP contribution is -2.39. The lowest BCUT2D eigenvalue weighted by molar-refractivity contribution is -0.119. The van der Waals surface area contributed by atoms with Crippen LogP contribution in [0.1, 0.15) is 25.8 Å². The van der Waals surface area contributed by atoms with Gasteiger partial charge in [0.1, 0.15) is 12.3 Å². The van der Waals surface area contributed by atoms with Gasteiger partial charge in [-0.1, -0.05) is 25.1 Å². The first-order valence-corrected chi connectivity index (χ1v) is 13.3. The molecular formula is C27H31N3O6S. The molecule has 0 unspecified atom stereocenters. The predicted molar refractivity (Wildman–Crippen MR) is 143 cm³/mol. The normalized spacial score (nSPS) is 11.2. The molecule has 1 N–H and O–H groups in total. The molecule has 0 aliphatic carbocycles. The number of ether oxygens (including phenoxy) is 3. The van der Waals surface area contributed by atoms with Crippen molar-refractivity contribution in [2.75, 3.05) is 31.2 Å². The third-order valence-corrected chi connectivity index (χ3v) is 6.90. The van der Waals surface area contributed by atoms with Crippen molar-refractivity contribution in [3.05, 3.63) is 78.4 Å². The molecule has 10 heteroatoms. The second kappa shape index (κ2) is 13.3. The number of methoxy groups -OCH3 is 1. The van der Waals surface area contributed by atoms with Crippen LogP contribution in [0.4, 0.5) is 5.69 Å². The number of carbonyl (C=O) groups excluding carboxylic acids is 1. The van der Waals surface area contributed by atoms with E-state index < -0.39 is 22.5 Å². The first kappa shape index (κ1) is 27.5. The van der Waals surface area contributed by atoms with E-state index in [9.17, 15) is 13.2 Å². The summed E-state index contributed by atoms with van der Waals surface area (Å²) in [5.74, 6) is 1.16. The molecule has 0 saturated heterocycles. The maximum absolute atomic E-state index is 13.4. The fourth-order valence-electron chi connectivity index (χ4n) is 3.33. The van der Waals surface area contributed by atoms with Gasteiger partial charge >= 0.3 is 0 Å². The summed E-state index contributed by atoms with van der Waals surface area (Å²) in [6, 6.07) is 19.7. The number of nitrogens with one attached hydrogen (secondary N) is 1. The minimum Gasteiger partial charge on any atom is -0.497 e. The second-order valence-electron chi connectivity index (χ2n) is 7.80. The number of nitrogens with zero attached hydrogens (tertiary/aromatic N) is 2. The summed E-state index contributed by atoms with van der Waals surface area (Å²) in [6.45, 7) is 4.46. The molecule has 0 aliphatic rings. The Kier molecular flexibility index (Phi) is 9.91. The Morgan fingerprint density at radius 1 is 0.973 bits per heavy atom. The number of hydrogen-bond donors (Lipinski definition) is 1. The molecule has 3 rings (SSSR count). The van der Waals surface area contributed by atoms with Gasteiger partial charge in [0.15, 0.2) is 11.5 Å². The Morgan fingerprint density at radius 3 is 2.35 bits per heavy atom. The summed E-state index contributed by atoms with van der Waals surface area (Å²) < 4.78 is 44.3. The van der Waals surface area contributed by atoms with Crippen molar-refractivity contribution in [3.8, 4) is 17.2 Å². The molecule has 196 valence electrons. The second-order valence-corrected chi connectivity index (χ2v) is 9.67. The van der Waals surface area contributed by atoms with Crippen molar-refractivity contribution in [3.63, 3.8) is 0 Å². The number of amides is 1. The molecule has 0 fully saturated rings. The average Bonchev–Trinajstić information content (AvgIpc) is 2.92. The van der Waals surface area contributed by atoms with Crippen LogP contribution in [0.25, 0.3) is 0 Å². The first-order valence-electron chi connectivity index (χ1n) is 11.8. The number of hydrogen-bond acceptors (Lipinski definition) is 7. The van der Waals surface area contributed by atoms with Gasteiger partial charge in [-0.2, -0.15) is 5.10 Å². The van der Waals surface area contributed by atoms with Crippen LogP contribution < -0.4 is 23.9 Å².